The van der Waals surface area contributed by atoms with E-state index in [1.54, 1.807) is 19.2 Å². The van der Waals surface area contributed by atoms with Crippen LogP contribution in [0, 0.1) is 0 Å². The third-order valence-electron chi connectivity index (χ3n) is 4.34. The second kappa shape index (κ2) is 8.25. The number of piperidine rings is 1. The number of hydrogen-bond acceptors (Lipinski definition) is 4. The van der Waals surface area contributed by atoms with E-state index in [-0.39, 0.29) is 0 Å². The molecule has 0 aromatic heterocycles. The predicted octanol–water partition coefficient (Wildman–Crippen LogP) is 2.75. The zero-order valence-electron chi connectivity index (χ0n) is 13.3. The smallest absolute Gasteiger partial charge is 0.120 e. The second-order valence-electron chi connectivity index (χ2n) is 5.91. The molecule has 1 heterocycles. The highest BCUT2D eigenvalue weighted by Crippen LogP contribution is 2.22. The molecule has 0 bridgehead atoms. The van der Waals surface area contributed by atoms with E-state index in [9.17, 15) is 5.11 Å². The molecule has 1 unspecified atom stereocenters. The van der Waals surface area contributed by atoms with Crippen LogP contribution in [0.15, 0.2) is 18.2 Å². The Hall–Kier alpha value is -1.26. The fourth-order valence-corrected chi connectivity index (χ4v) is 2.95. The van der Waals surface area contributed by atoms with Crippen LogP contribution in [-0.4, -0.2) is 42.8 Å². The number of aromatic hydroxyl groups is 1. The maximum Gasteiger partial charge on any atom is 0.120 e. The Kier molecular flexibility index (Phi) is 6.33. The number of nitrogens with zero attached hydrogens (tertiary/aromatic N) is 1. The van der Waals surface area contributed by atoms with Gasteiger partial charge in [-0.15, -0.1) is 0 Å². The van der Waals surface area contributed by atoms with Crippen molar-refractivity contribution in [3.63, 3.8) is 0 Å². The van der Waals surface area contributed by atoms with Gasteiger partial charge in [0, 0.05) is 18.2 Å². The molecule has 0 spiro atoms. The molecule has 0 amide bonds. The van der Waals surface area contributed by atoms with E-state index in [1.807, 2.05) is 6.07 Å². The Balaban J connectivity index is 1.67. The molecule has 0 saturated carbocycles. The molecular formula is C17H28N2O2. The molecule has 4 nitrogen and oxygen atoms in total. The molecule has 2 rings (SSSR count). The molecular weight excluding hydrogens is 264 g/mol. The van der Waals surface area contributed by atoms with Crippen molar-refractivity contribution in [3.05, 3.63) is 23.8 Å². The number of phenols is 1. The summed E-state index contributed by atoms with van der Waals surface area (Å²) >= 11 is 0. The Morgan fingerprint density at radius 3 is 3.00 bits per heavy atom. The minimum absolute atomic E-state index is 0.327. The Labute approximate surface area is 128 Å². The topological polar surface area (TPSA) is 44.7 Å². The van der Waals surface area contributed by atoms with Gasteiger partial charge < -0.3 is 20.1 Å². The highest BCUT2D eigenvalue weighted by Gasteiger charge is 2.16. The number of rotatable bonds is 7. The zero-order valence-corrected chi connectivity index (χ0v) is 13.3. The molecule has 0 aliphatic carbocycles. The van der Waals surface area contributed by atoms with Crippen molar-refractivity contribution in [1.29, 1.82) is 0 Å². The minimum atomic E-state index is 0.327. The first kappa shape index (κ1) is 16.1. The lowest BCUT2D eigenvalue weighted by Gasteiger charge is -2.33. The summed E-state index contributed by atoms with van der Waals surface area (Å²) < 4.78 is 5.18. The van der Waals surface area contributed by atoms with Gasteiger partial charge in [-0.2, -0.15) is 0 Å². The fourth-order valence-electron chi connectivity index (χ4n) is 2.95. The average molecular weight is 292 g/mol. The SMILES string of the molecule is COc1ccc(O)c(CNCCCN2CCCCC2C)c1. The largest absolute Gasteiger partial charge is 0.508 e. The number of ether oxygens (including phenoxy) is 1. The zero-order chi connectivity index (χ0) is 15.1. The van der Waals surface area contributed by atoms with Gasteiger partial charge in [-0.25, -0.2) is 0 Å². The summed E-state index contributed by atoms with van der Waals surface area (Å²) in [5.41, 5.74) is 0.890. The Morgan fingerprint density at radius 1 is 1.38 bits per heavy atom. The van der Waals surface area contributed by atoms with Crippen molar-refractivity contribution < 1.29 is 9.84 Å². The molecule has 4 heteroatoms. The summed E-state index contributed by atoms with van der Waals surface area (Å²) in [4.78, 5) is 2.59. The van der Waals surface area contributed by atoms with Gasteiger partial charge in [0.1, 0.15) is 11.5 Å². The number of phenolic OH excluding ortho intramolecular Hbond substituents is 1. The van der Waals surface area contributed by atoms with Gasteiger partial charge in [0.15, 0.2) is 0 Å². The minimum Gasteiger partial charge on any atom is -0.508 e. The second-order valence-corrected chi connectivity index (χ2v) is 5.91. The number of benzene rings is 1. The van der Waals surface area contributed by atoms with Crippen molar-refractivity contribution in [2.75, 3.05) is 26.7 Å². The van der Waals surface area contributed by atoms with Crippen LogP contribution in [0.25, 0.3) is 0 Å². The van der Waals surface area contributed by atoms with E-state index in [0.29, 0.717) is 12.3 Å². The Morgan fingerprint density at radius 2 is 2.24 bits per heavy atom. The number of likely N-dealkylation sites (tertiary alicyclic amines) is 1. The maximum absolute atomic E-state index is 9.82. The third-order valence-corrected chi connectivity index (χ3v) is 4.34. The van der Waals surface area contributed by atoms with Crippen LogP contribution in [-0.2, 0) is 6.54 Å². The van der Waals surface area contributed by atoms with E-state index in [4.69, 9.17) is 4.74 Å². The summed E-state index contributed by atoms with van der Waals surface area (Å²) in [5, 5.41) is 13.2. The van der Waals surface area contributed by atoms with Crippen LogP contribution in [0.2, 0.25) is 0 Å². The van der Waals surface area contributed by atoms with Crippen LogP contribution in [0.4, 0.5) is 0 Å². The van der Waals surface area contributed by atoms with Gasteiger partial charge >= 0.3 is 0 Å². The monoisotopic (exact) mass is 292 g/mol. The first-order valence-electron chi connectivity index (χ1n) is 8.01. The molecule has 1 atom stereocenters. The van der Waals surface area contributed by atoms with E-state index >= 15 is 0 Å². The van der Waals surface area contributed by atoms with Crippen molar-refractivity contribution >= 4 is 0 Å². The molecule has 1 aromatic rings. The summed E-state index contributed by atoms with van der Waals surface area (Å²) in [6, 6.07) is 6.08. The van der Waals surface area contributed by atoms with Crippen LogP contribution in [0.3, 0.4) is 0 Å². The number of methoxy groups -OCH3 is 1. The molecule has 1 saturated heterocycles. The lowest BCUT2D eigenvalue weighted by molar-refractivity contribution is 0.159. The summed E-state index contributed by atoms with van der Waals surface area (Å²) in [6.45, 7) is 6.40. The Bertz CT molecular complexity index is 437. The van der Waals surface area contributed by atoms with Crippen LogP contribution in [0.5, 0.6) is 11.5 Å². The standard InChI is InChI=1S/C17H28N2O2/c1-14-6-3-4-10-19(14)11-5-9-18-13-15-12-16(21-2)7-8-17(15)20/h7-8,12,14,18,20H,3-6,9-11,13H2,1-2H3. The van der Waals surface area contributed by atoms with Gasteiger partial charge in [0.25, 0.3) is 0 Å². The third kappa shape index (κ3) is 4.90. The van der Waals surface area contributed by atoms with Crippen LogP contribution >= 0.6 is 0 Å². The first-order valence-corrected chi connectivity index (χ1v) is 8.01. The molecule has 118 valence electrons. The van der Waals surface area contributed by atoms with E-state index in [0.717, 1.165) is 36.9 Å². The molecule has 1 aliphatic rings. The average Bonchev–Trinajstić information content (AvgIpc) is 2.50. The van der Waals surface area contributed by atoms with Gasteiger partial charge in [0.05, 0.1) is 7.11 Å². The number of nitrogens with one attached hydrogen (secondary N) is 1. The van der Waals surface area contributed by atoms with Crippen LogP contribution in [0.1, 0.15) is 38.2 Å². The molecule has 21 heavy (non-hydrogen) atoms. The van der Waals surface area contributed by atoms with Gasteiger partial charge in [-0.3, -0.25) is 0 Å². The lowest BCUT2D eigenvalue weighted by atomic mass is 10.0. The fraction of sp³-hybridized carbons (Fsp3) is 0.647. The number of hydrogen-bond donors (Lipinski definition) is 2. The first-order chi connectivity index (χ1) is 10.2. The highest BCUT2D eigenvalue weighted by molar-refractivity contribution is 5.39. The van der Waals surface area contributed by atoms with Gasteiger partial charge in [-0.05, 0) is 64.0 Å². The molecule has 1 fully saturated rings. The maximum atomic E-state index is 9.82. The highest BCUT2D eigenvalue weighted by atomic mass is 16.5. The van der Waals surface area contributed by atoms with Gasteiger partial charge in [0.2, 0.25) is 0 Å². The van der Waals surface area contributed by atoms with Crippen LogP contribution < -0.4 is 10.1 Å². The molecule has 2 N–H and O–H groups in total. The summed E-state index contributed by atoms with van der Waals surface area (Å²) in [7, 11) is 1.64. The van der Waals surface area contributed by atoms with E-state index < -0.39 is 0 Å². The summed E-state index contributed by atoms with van der Waals surface area (Å²) in [6.07, 6.45) is 5.21. The van der Waals surface area contributed by atoms with Crippen molar-refractivity contribution in [1.82, 2.24) is 10.2 Å². The van der Waals surface area contributed by atoms with E-state index in [1.165, 1.54) is 25.8 Å². The van der Waals surface area contributed by atoms with Crippen molar-refractivity contribution in [3.8, 4) is 11.5 Å². The lowest BCUT2D eigenvalue weighted by Crippen LogP contribution is -2.38. The molecule has 0 radical (unpaired) electrons. The normalized spacial score (nSPS) is 19.6. The van der Waals surface area contributed by atoms with Gasteiger partial charge in [-0.1, -0.05) is 6.42 Å². The quantitative estimate of drug-likeness (QED) is 0.759. The summed E-state index contributed by atoms with van der Waals surface area (Å²) in [5.74, 6) is 1.11. The molecule has 1 aromatic carbocycles. The molecule has 1 aliphatic heterocycles. The van der Waals surface area contributed by atoms with Crippen molar-refractivity contribution in [2.24, 2.45) is 0 Å². The predicted molar refractivity (Wildman–Crippen MR) is 85.9 cm³/mol. The van der Waals surface area contributed by atoms with Crippen molar-refractivity contribution in [2.45, 2.75) is 45.2 Å². The van der Waals surface area contributed by atoms with E-state index in [2.05, 4.69) is 17.1 Å².